The molecule has 19 heavy (non-hydrogen) atoms. The van der Waals surface area contributed by atoms with Crippen LogP contribution in [0.25, 0.3) is 0 Å². The van der Waals surface area contributed by atoms with E-state index in [2.05, 4.69) is 15.9 Å². The van der Waals surface area contributed by atoms with E-state index in [9.17, 15) is 5.11 Å². The van der Waals surface area contributed by atoms with Crippen LogP contribution in [0.4, 0.5) is 5.69 Å². The summed E-state index contributed by atoms with van der Waals surface area (Å²) in [4.78, 5) is 5.75. The van der Waals surface area contributed by atoms with Crippen LogP contribution in [0.1, 0.15) is 11.8 Å². The van der Waals surface area contributed by atoms with Crippen LogP contribution in [0.5, 0.6) is 0 Å². The average Bonchev–Trinajstić information content (AvgIpc) is 3.07. The van der Waals surface area contributed by atoms with Gasteiger partial charge in [0.15, 0.2) is 0 Å². The minimum atomic E-state index is -0.569. The molecule has 1 aliphatic rings. The second-order valence-electron chi connectivity index (χ2n) is 4.55. The summed E-state index contributed by atoms with van der Waals surface area (Å²) in [5.74, 6) is 0.757. The monoisotopic (exact) mass is 323 g/mol. The van der Waals surface area contributed by atoms with E-state index in [-0.39, 0.29) is 12.6 Å². The van der Waals surface area contributed by atoms with Crippen molar-refractivity contribution >= 4 is 21.6 Å². The predicted molar refractivity (Wildman–Crippen MR) is 75.1 cm³/mol. The number of alkyl halides is 1. The number of benzene rings is 1. The molecule has 3 rings (SSSR count). The number of hydrogen-bond acceptors (Lipinski definition) is 4. The SMILES string of the molecule is OC[C@@]1(Br)CON(c2ccccc2)[C@@H]1c1ccco1. The number of furan rings is 1. The Morgan fingerprint density at radius 2 is 2.05 bits per heavy atom. The van der Waals surface area contributed by atoms with E-state index in [0.717, 1.165) is 11.4 Å². The van der Waals surface area contributed by atoms with Crippen molar-refractivity contribution in [3.63, 3.8) is 0 Å². The lowest BCUT2D eigenvalue weighted by atomic mass is 9.99. The molecule has 0 amide bonds. The van der Waals surface area contributed by atoms with E-state index >= 15 is 0 Å². The fourth-order valence-electron chi connectivity index (χ4n) is 2.29. The Morgan fingerprint density at radius 3 is 2.68 bits per heavy atom. The van der Waals surface area contributed by atoms with Crippen LogP contribution in [0.2, 0.25) is 0 Å². The Labute approximate surface area is 119 Å². The van der Waals surface area contributed by atoms with Gasteiger partial charge >= 0.3 is 0 Å². The lowest BCUT2D eigenvalue weighted by Crippen LogP contribution is -2.36. The molecule has 1 aliphatic heterocycles. The van der Waals surface area contributed by atoms with Crippen LogP contribution in [0, 0.1) is 0 Å². The Bertz CT molecular complexity index is 531. The molecule has 1 fully saturated rings. The molecular weight excluding hydrogens is 310 g/mol. The molecule has 0 unspecified atom stereocenters. The number of para-hydroxylation sites is 1. The number of aliphatic hydroxyl groups is 1. The van der Waals surface area contributed by atoms with Crippen LogP contribution >= 0.6 is 15.9 Å². The first-order valence-corrected chi connectivity index (χ1v) is 6.84. The molecule has 1 aromatic heterocycles. The summed E-state index contributed by atoms with van der Waals surface area (Å²) in [7, 11) is 0. The minimum Gasteiger partial charge on any atom is -0.467 e. The number of aliphatic hydroxyl groups excluding tert-OH is 1. The van der Waals surface area contributed by atoms with Gasteiger partial charge in [0.25, 0.3) is 0 Å². The van der Waals surface area contributed by atoms with Crippen molar-refractivity contribution < 1.29 is 14.4 Å². The zero-order valence-electron chi connectivity index (χ0n) is 10.2. The predicted octanol–water partition coefficient (Wildman–Crippen LogP) is 2.90. The molecule has 0 aliphatic carbocycles. The first kappa shape index (κ1) is 12.7. The molecule has 2 atom stereocenters. The van der Waals surface area contributed by atoms with E-state index < -0.39 is 4.32 Å². The number of rotatable bonds is 3. The van der Waals surface area contributed by atoms with E-state index in [0.29, 0.717) is 6.61 Å². The van der Waals surface area contributed by atoms with Gasteiger partial charge in [-0.25, -0.2) is 5.06 Å². The maximum atomic E-state index is 9.66. The average molecular weight is 324 g/mol. The normalized spacial score (nSPS) is 26.8. The summed E-state index contributed by atoms with van der Waals surface area (Å²) in [6.45, 7) is 0.339. The topological polar surface area (TPSA) is 45.8 Å². The number of nitrogens with zero attached hydrogens (tertiary/aromatic N) is 1. The van der Waals surface area contributed by atoms with Crippen LogP contribution in [0.15, 0.2) is 53.1 Å². The fourth-order valence-corrected chi connectivity index (χ4v) is 2.80. The highest BCUT2D eigenvalue weighted by Gasteiger charge is 2.49. The summed E-state index contributed by atoms with van der Waals surface area (Å²) in [6, 6.07) is 13.3. The summed E-state index contributed by atoms with van der Waals surface area (Å²) in [5, 5.41) is 11.4. The van der Waals surface area contributed by atoms with Gasteiger partial charge in [-0.2, -0.15) is 0 Å². The van der Waals surface area contributed by atoms with Crippen LogP contribution < -0.4 is 5.06 Å². The molecule has 0 bridgehead atoms. The molecule has 0 saturated carbocycles. The van der Waals surface area contributed by atoms with E-state index in [4.69, 9.17) is 9.25 Å². The highest BCUT2D eigenvalue weighted by molar-refractivity contribution is 9.10. The van der Waals surface area contributed by atoms with E-state index in [1.807, 2.05) is 42.5 Å². The van der Waals surface area contributed by atoms with Gasteiger partial charge in [-0.1, -0.05) is 34.1 Å². The van der Waals surface area contributed by atoms with Crippen molar-refractivity contribution in [3.8, 4) is 0 Å². The molecular formula is C14H14BrNO3. The maximum Gasteiger partial charge on any atom is 0.134 e. The van der Waals surface area contributed by atoms with Crippen molar-refractivity contribution in [1.82, 2.24) is 0 Å². The molecule has 4 nitrogen and oxygen atoms in total. The largest absolute Gasteiger partial charge is 0.467 e. The highest BCUT2D eigenvalue weighted by atomic mass is 79.9. The lowest BCUT2D eigenvalue weighted by molar-refractivity contribution is 0.147. The smallest absolute Gasteiger partial charge is 0.134 e. The number of halogens is 1. The van der Waals surface area contributed by atoms with Crippen molar-refractivity contribution in [1.29, 1.82) is 0 Å². The van der Waals surface area contributed by atoms with E-state index in [1.54, 1.807) is 11.3 Å². The van der Waals surface area contributed by atoms with E-state index in [1.165, 1.54) is 0 Å². The third-order valence-electron chi connectivity index (χ3n) is 3.25. The van der Waals surface area contributed by atoms with Gasteiger partial charge in [0, 0.05) is 0 Å². The van der Waals surface area contributed by atoms with Gasteiger partial charge in [0.1, 0.15) is 16.1 Å². The fraction of sp³-hybridized carbons (Fsp3) is 0.286. The summed E-state index contributed by atoms with van der Waals surface area (Å²) >= 11 is 3.59. The Balaban J connectivity index is 2.01. The van der Waals surface area contributed by atoms with Gasteiger partial charge in [-0.15, -0.1) is 0 Å². The molecule has 5 heteroatoms. The maximum absolute atomic E-state index is 9.66. The number of hydroxylamine groups is 1. The molecule has 1 N–H and O–H groups in total. The zero-order chi connectivity index (χ0) is 13.3. The van der Waals surface area contributed by atoms with Crippen molar-refractivity contribution in [2.75, 3.05) is 18.3 Å². The lowest BCUT2D eigenvalue weighted by Gasteiger charge is -2.29. The molecule has 0 radical (unpaired) electrons. The standard InChI is InChI=1S/C14H14BrNO3/c15-14(9-17)10-19-16(11-5-2-1-3-6-11)13(14)12-7-4-8-18-12/h1-8,13,17H,9-10H2/t13-,14-/m1/s1. The summed E-state index contributed by atoms with van der Waals surface area (Å²) < 4.78 is 4.93. The first-order chi connectivity index (χ1) is 9.24. The number of hydrogen-bond donors (Lipinski definition) is 1. The molecule has 100 valence electrons. The third kappa shape index (κ3) is 2.18. The number of anilines is 1. The third-order valence-corrected chi connectivity index (χ3v) is 4.17. The molecule has 1 aromatic carbocycles. The van der Waals surface area contributed by atoms with Crippen molar-refractivity contribution in [2.45, 2.75) is 10.4 Å². The van der Waals surface area contributed by atoms with Gasteiger partial charge in [-0.05, 0) is 24.3 Å². The summed E-state index contributed by atoms with van der Waals surface area (Å²) in [6.07, 6.45) is 1.63. The van der Waals surface area contributed by atoms with Crippen LogP contribution in [-0.4, -0.2) is 22.6 Å². The van der Waals surface area contributed by atoms with Crippen LogP contribution in [-0.2, 0) is 4.84 Å². The molecule has 2 heterocycles. The van der Waals surface area contributed by atoms with Crippen molar-refractivity contribution in [2.24, 2.45) is 0 Å². The van der Waals surface area contributed by atoms with Gasteiger partial charge in [0.05, 0.1) is 25.2 Å². The van der Waals surface area contributed by atoms with Gasteiger partial charge in [-0.3, -0.25) is 4.84 Å². The van der Waals surface area contributed by atoms with Crippen LogP contribution in [0.3, 0.4) is 0 Å². The summed E-state index contributed by atoms with van der Waals surface area (Å²) in [5.41, 5.74) is 0.929. The van der Waals surface area contributed by atoms with Gasteiger partial charge in [0.2, 0.25) is 0 Å². The highest BCUT2D eigenvalue weighted by Crippen LogP contribution is 2.46. The van der Waals surface area contributed by atoms with Crippen molar-refractivity contribution in [3.05, 3.63) is 54.5 Å². The second kappa shape index (κ2) is 5.00. The quantitative estimate of drug-likeness (QED) is 0.882. The molecule has 0 spiro atoms. The minimum absolute atomic E-state index is 0.0400. The van der Waals surface area contributed by atoms with Gasteiger partial charge < -0.3 is 9.52 Å². The first-order valence-electron chi connectivity index (χ1n) is 6.05. The zero-order valence-corrected chi connectivity index (χ0v) is 11.8. The molecule has 2 aromatic rings. The Morgan fingerprint density at radius 1 is 1.26 bits per heavy atom. The Kier molecular flexibility index (Phi) is 3.35. The molecule has 1 saturated heterocycles. The second-order valence-corrected chi connectivity index (χ2v) is 6.12. The Hall–Kier alpha value is -1.30.